The lowest BCUT2D eigenvalue weighted by atomic mass is 10.1. The first kappa shape index (κ1) is 20.1. The van der Waals surface area contributed by atoms with Crippen LogP contribution in [0.5, 0.6) is 5.75 Å². The molecule has 8 heteroatoms. The molecular weight excluding hydrogens is 375 g/mol. The van der Waals surface area contributed by atoms with Gasteiger partial charge < -0.3 is 15.4 Å². The molecule has 2 N–H and O–H groups in total. The van der Waals surface area contributed by atoms with Crippen molar-refractivity contribution < 1.29 is 18.7 Å². The highest BCUT2D eigenvalue weighted by Crippen LogP contribution is 2.20. The lowest BCUT2D eigenvalue weighted by Crippen LogP contribution is -2.24. The maximum Gasteiger partial charge on any atom is 0.248 e. The minimum atomic E-state index is -0.520. The van der Waals surface area contributed by atoms with Crippen LogP contribution in [0.2, 0.25) is 0 Å². The van der Waals surface area contributed by atoms with Gasteiger partial charge in [0, 0.05) is 23.8 Å². The van der Waals surface area contributed by atoms with Gasteiger partial charge in [0.25, 0.3) is 0 Å². The minimum Gasteiger partial charge on any atom is -0.494 e. The highest BCUT2D eigenvalue weighted by atomic mass is 19.1. The van der Waals surface area contributed by atoms with Gasteiger partial charge in [0.05, 0.1) is 13.5 Å². The molecule has 0 aliphatic rings. The SMILES string of the molecule is COc1ccc(CC(=O)Nc2cccc(NC(=O)[C@H](C)n3cccn3)c2)cc1F. The Hall–Kier alpha value is -3.68. The van der Waals surface area contributed by atoms with Gasteiger partial charge in [-0.15, -0.1) is 0 Å². The molecule has 1 aromatic heterocycles. The van der Waals surface area contributed by atoms with Gasteiger partial charge in [0.1, 0.15) is 6.04 Å². The lowest BCUT2D eigenvalue weighted by molar-refractivity contribution is -0.119. The molecule has 0 aliphatic carbocycles. The Morgan fingerprint density at radius 1 is 1.14 bits per heavy atom. The Morgan fingerprint density at radius 2 is 1.90 bits per heavy atom. The summed E-state index contributed by atoms with van der Waals surface area (Å²) in [5.41, 5.74) is 1.59. The average Bonchev–Trinajstić information content (AvgIpc) is 3.22. The number of hydrogen-bond acceptors (Lipinski definition) is 4. The van der Waals surface area contributed by atoms with E-state index < -0.39 is 11.9 Å². The van der Waals surface area contributed by atoms with Crippen LogP contribution in [-0.2, 0) is 16.0 Å². The molecule has 0 saturated carbocycles. The number of rotatable bonds is 7. The summed E-state index contributed by atoms with van der Waals surface area (Å²) < 4.78 is 20.2. The molecule has 0 spiro atoms. The van der Waals surface area contributed by atoms with Crippen LogP contribution in [-0.4, -0.2) is 28.7 Å². The van der Waals surface area contributed by atoms with E-state index in [2.05, 4.69) is 15.7 Å². The van der Waals surface area contributed by atoms with E-state index in [-0.39, 0.29) is 24.0 Å². The number of amides is 2. The van der Waals surface area contributed by atoms with Crippen molar-refractivity contribution in [2.45, 2.75) is 19.4 Å². The fourth-order valence-electron chi connectivity index (χ4n) is 2.76. The summed E-state index contributed by atoms with van der Waals surface area (Å²) in [4.78, 5) is 24.6. The molecule has 2 amide bonds. The zero-order valence-electron chi connectivity index (χ0n) is 16.1. The first-order valence-corrected chi connectivity index (χ1v) is 8.98. The summed E-state index contributed by atoms with van der Waals surface area (Å²) >= 11 is 0. The highest BCUT2D eigenvalue weighted by Gasteiger charge is 2.15. The predicted octanol–water partition coefficient (Wildman–Crippen LogP) is 3.41. The lowest BCUT2D eigenvalue weighted by Gasteiger charge is -2.13. The second-order valence-electron chi connectivity index (χ2n) is 6.43. The topological polar surface area (TPSA) is 85.3 Å². The molecule has 0 fully saturated rings. The molecular formula is C21H21FN4O3. The summed E-state index contributed by atoms with van der Waals surface area (Å²) in [5.74, 6) is -0.926. The monoisotopic (exact) mass is 396 g/mol. The van der Waals surface area contributed by atoms with Crippen molar-refractivity contribution in [2.75, 3.05) is 17.7 Å². The van der Waals surface area contributed by atoms with Crippen molar-refractivity contribution in [1.29, 1.82) is 0 Å². The standard InChI is InChI=1S/C21H21FN4O3/c1-14(26-10-4-9-23-26)21(28)25-17-6-3-5-16(13-17)24-20(27)12-15-7-8-19(29-2)18(22)11-15/h3-11,13-14H,12H2,1-2H3,(H,24,27)(H,25,28)/t14-/m0/s1. The molecule has 0 radical (unpaired) electrons. The average molecular weight is 396 g/mol. The molecule has 2 aromatic carbocycles. The number of ether oxygens (including phenoxy) is 1. The van der Waals surface area contributed by atoms with Crippen molar-refractivity contribution in [2.24, 2.45) is 0 Å². The van der Waals surface area contributed by atoms with Crippen LogP contribution in [0.25, 0.3) is 0 Å². The number of aromatic nitrogens is 2. The smallest absolute Gasteiger partial charge is 0.248 e. The Bertz CT molecular complexity index is 1000. The first-order valence-electron chi connectivity index (χ1n) is 8.98. The van der Waals surface area contributed by atoms with E-state index in [1.807, 2.05) is 0 Å². The zero-order valence-corrected chi connectivity index (χ0v) is 16.1. The normalized spacial score (nSPS) is 11.6. The van der Waals surface area contributed by atoms with Crippen LogP contribution in [0, 0.1) is 5.82 Å². The quantitative estimate of drug-likeness (QED) is 0.641. The fourth-order valence-corrected chi connectivity index (χ4v) is 2.76. The number of carbonyl (C=O) groups is 2. The van der Waals surface area contributed by atoms with E-state index in [9.17, 15) is 14.0 Å². The summed E-state index contributed by atoms with van der Waals surface area (Å²) in [7, 11) is 1.38. The Morgan fingerprint density at radius 3 is 2.55 bits per heavy atom. The van der Waals surface area contributed by atoms with E-state index in [1.165, 1.54) is 19.2 Å². The number of benzene rings is 2. The first-order chi connectivity index (χ1) is 14.0. The van der Waals surface area contributed by atoms with Crippen molar-refractivity contribution in [3.8, 4) is 5.75 Å². The number of carbonyl (C=O) groups excluding carboxylic acids is 2. The molecule has 3 aromatic rings. The molecule has 0 unspecified atom stereocenters. The van der Waals surface area contributed by atoms with Crippen molar-refractivity contribution in [1.82, 2.24) is 9.78 Å². The second kappa shape index (κ2) is 9.01. The number of methoxy groups -OCH3 is 1. The van der Waals surface area contributed by atoms with E-state index in [0.717, 1.165) is 0 Å². The van der Waals surface area contributed by atoms with Gasteiger partial charge in [-0.3, -0.25) is 14.3 Å². The maximum atomic E-state index is 13.8. The van der Waals surface area contributed by atoms with Gasteiger partial charge in [-0.1, -0.05) is 12.1 Å². The third-order valence-corrected chi connectivity index (χ3v) is 4.30. The van der Waals surface area contributed by atoms with Crippen LogP contribution >= 0.6 is 0 Å². The van der Waals surface area contributed by atoms with Crippen LogP contribution < -0.4 is 15.4 Å². The molecule has 0 aliphatic heterocycles. The Labute approximate surface area is 167 Å². The molecule has 150 valence electrons. The molecule has 3 rings (SSSR count). The largest absolute Gasteiger partial charge is 0.494 e. The van der Waals surface area contributed by atoms with Crippen LogP contribution in [0.4, 0.5) is 15.8 Å². The predicted molar refractivity (Wildman–Crippen MR) is 107 cm³/mol. The Balaban J connectivity index is 1.61. The molecule has 1 heterocycles. The molecule has 0 bridgehead atoms. The molecule has 0 saturated heterocycles. The van der Waals surface area contributed by atoms with E-state index in [1.54, 1.807) is 60.4 Å². The summed E-state index contributed by atoms with van der Waals surface area (Å²) in [6, 6.07) is 12.5. The van der Waals surface area contributed by atoms with Crippen molar-refractivity contribution in [3.05, 3.63) is 72.3 Å². The van der Waals surface area contributed by atoms with E-state index in [0.29, 0.717) is 16.9 Å². The highest BCUT2D eigenvalue weighted by molar-refractivity contribution is 5.96. The van der Waals surface area contributed by atoms with Crippen molar-refractivity contribution in [3.63, 3.8) is 0 Å². The molecule has 1 atom stereocenters. The van der Waals surface area contributed by atoms with Crippen LogP contribution in [0.1, 0.15) is 18.5 Å². The van der Waals surface area contributed by atoms with Gasteiger partial charge >= 0.3 is 0 Å². The second-order valence-corrected chi connectivity index (χ2v) is 6.43. The van der Waals surface area contributed by atoms with E-state index >= 15 is 0 Å². The van der Waals surface area contributed by atoms with Crippen molar-refractivity contribution >= 4 is 23.2 Å². The number of nitrogens with zero attached hydrogens (tertiary/aromatic N) is 2. The van der Waals surface area contributed by atoms with Gasteiger partial charge in [0.2, 0.25) is 11.8 Å². The van der Waals surface area contributed by atoms with E-state index in [4.69, 9.17) is 4.74 Å². The van der Waals surface area contributed by atoms with Crippen LogP contribution in [0.3, 0.4) is 0 Å². The van der Waals surface area contributed by atoms with Gasteiger partial charge in [0.15, 0.2) is 11.6 Å². The Kier molecular flexibility index (Phi) is 6.23. The third kappa shape index (κ3) is 5.19. The zero-order chi connectivity index (χ0) is 20.8. The van der Waals surface area contributed by atoms with Gasteiger partial charge in [-0.05, 0) is 48.9 Å². The maximum absolute atomic E-state index is 13.8. The van der Waals surface area contributed by atoms with Gasteiger partial charge in [-0.2, -0.15) is 5.10 Å². The van der Waals surface area contributed by atoms with Gasteiger partial charge in [-0.25, -0.2) is 4.39 Å². The number of nitrogens with one attached hydrogen (secondary N) is 2. The third-order valence-electron chi connectivity index (χ3n) is 4.30. The summed E-state index contributed by atoms with van der Waals surface area (Å²) in [5, 5.41) is 9.60. The molecule has 29 heavy (non-hydrogen) atoms. The summed E-state index contributed by atoms with van der Waals surface area (Å²) in [6.45, 7) is 1.74. The molecule has 7 nitrogen and oxygen atoms in total. The number of anilines is 2. The van der Waals surface area contributed by atoms with Crippen LogP contribution in [0.15, 0.2) is 60.9 Å². The fraction of sp³-hybridized carbons (Fsp3) is 0.190. The number of hydrogen-bond donors (Lipinski definition) is 2. The summed E-state index contributed by atoms with van der Waals surface area (Å²) in [6.07, 6.45) is 3.32. The number of halogens is 1. The minimum absolute atomic E-state index is 0.00777.